The van der Waals surface area contributed by atoms with Gasteiger partial charge in [-0.05, 0) is 26.2 Å². The number of ether oxygens (including phenoxy) is 1. The Balaban J connectivity index is 2.42. The second kappa shape index (κ2) is 8.22. The van der Waals surface area contributed by atoms with Crippen LogP contribution in [0, 0.1) is 0 Å². The molecule has 0 saturated carbocycles. The fraction of sp³-hybridized carbons (Fsp3) is 0.750. The first-order valence-electron chi connectivity index (χ1n) is 6.38. The number of rotatable bonds is 9. The lowest BCUT2D eigenvalue weighted by atomic mass is 10.1. The highest BCUT2D eigenvalue weighted by molar-refractivity contribution is 5.09. The smallest absolute Gasteiger partial charge is 0.0538 e. The Kier molecular flexibility index (Phi) is 6.84. The Morgan fingerprint density at radius 2 is 2.35 bits per heavy atom. The van der Waals surface area contributed by atoms with Gasteiger partial charge in [-0.15, -0.1) is 0 Å². The van der Waals surface area contributed by atoms with Crippen molar-refractivity contribution in [2.45, 2.75) is 45.7 Å². The van der Waals surface area contributed by atoms with Crippen LogP contribution >= 0.6 is 0 Å². The Morgan fingerprint density at radius 1 is 1.53 bits per heavy atom. The van der Waals surface area contributed by atoms with Crippen LogP contribution in [0.2, 0.25) is 0 Å². The molecule has 1 atom stereocenters. The van der Waals surface area contributed by atoms with E-state index in [-0.39, 0.29) is 6.04 Å². The molecule has 0 saturated heterocycles. The van der Waals surface area contributed by atoms with Gasteiger partial charge in [0.2, 0.25) is 0 Å². The van der Waals surface area contributed by atoms with Crippen molar-refractivity contribution in [3.8, 4) is 0 Å². The zero-order chi connectivity index (χ0) is 12.5. The monoisotopic (exact) mass is 240 g/mol. The third-order valence-electron chi connectivity index (χ3n) is 2.70. The van der Waals surface area contributed by atoms with Gasteiger partial charge in [-0.1, -0.05) is 6.92 Å². The van der Waals surface area contributed by atoms with E-state index >= 15 is 0 Å². The van der Waals surface area contributed by atoms with Gasteiger partial charge in [0.05, 0.1) is 6.20 Å². The number of hydrogen-bond acceptors (Lipinski definition) is 4. The summed E-state index contributed by atoms with van der Waals surface area (Å²) in [6.45, 7) is 6.67. The summed E-state index contributed by atoms with van der Waals surface area (Å²) in [5, 5.41) is 4.31. The summed E-state index contributed by atoms with van der Waals surface area (Å²) in [5.41, 5.74) is 3.99. The van der Waals surface area contributed by atoms with Crippen LogP contribution in [0.3, 0.4) is 0 Å². The van der Waals surface area contributed by atoms with Crippen LogP contribution in [-0.2, 0) is 11.3 Å². The molecule has 5 heteroatoms. The highest BCUT2D eigenvalue weighted by Crippen LogP contribution is 2.16. The summed E-state index contributed by atoms with van der Waals surface area (Å²) in [5.74, 6) is 5.57. The quantitative estimate of drug-likeness (QED) is 0.391. The minimum Gasteiger partial charge on any atom is -0.382 e. The van der Waals surface area contributed by atoms with E-state index in [4.69, 9.17) is 10.6 Å². The first kappa shape index (κ1) is 14.2. The van der Waals surface area contributed by atoms with Crippen molar-refractivity contribution >= 4 is 0 Å². The highest BCUT2D eigenvalue weighted by atomic mass is 16.5. The van der Waals surface area contributed by atoms with E-state index in [1.165, 1.54) is 0 Å². The summed E-state index contributed by atoms with van der Waals surface area (Å²) in [4.78, 5) is 0. The summed E-state index contributed by atoms with van der Waals surface area (Å²) >= 11 is 0. The van der Waals surface area contributed by atoms with Gasteiger partial charge in [0, 0.05) is 37.6 Å². The molecule has 0 fully saturated rings. The van der Waals surface area contributed by atoms with Crippen LogP contribution in [0.5, 0.6) is 0 Å². The molecule has 0 aliphatic rings. The molecule has 0 spiro atoms. The second-order valence-electron chi connectivity index (χ2n) is 4.10. The van der Waals surface area contributed by atoms with Crippen molar-refractivity contribution in [3.05, 3.63) is 18.0 Å². The molecule has 0 aromatic carbocycles. The highest BCUT2D eigenvalue weighted by Gasteiger charge is 2.11. The number of aryl methyl sites for hydroxylation is 1. The summed E-state index contributed by atoms with van der Waals surface area (Å²) in [6, 6.07) is 0.168. The molecular weight excluding hydrogens is 216 g/mol. The Labute approximate surface area is 103 Å². The average molecular weight is 240 g/mol. The average Bonchev–Trinajstić information content (AvgIpc) is 2.78. The zero-order valence-electron chi connectivity index (χ0n) is 10.9. The van der Waals surface area contributed by atoms with Crippen LogP contribution < -0.4 is 11.3 Å². The predicted octanol–water partition coefficient (Wildman–Crippen LogP) is 1.61. The van der Waals surface area contributed by atoms with E-state index in [9.17, 15) is 0 Å². The largest absolute Gasteiger partial charge is 0.382 e. The van der Waals surface area contributed by atoms with E-state index in [2.05, 4.69) is 23.6 Å². The van der Waals surface area contributed by atoms with Gasteiger partial charge in [-0.3, -0.25) is 16.0 Å². The molecule has 1 heterocycles. The lowest BCUT2D eigenvalue weighted by Crippen LogP contribution is -2.28. The van der Waals surface area contributed by atoms with Gasteiger partial charge < -0.3 is 4.74 Å². The van der Waals surface area contributed by atoms with Crippen LogP contribution in [0.15, 0.2) is 12.4 Å². The van der Waals surface area contributed by atoms with Crippen molar-refractivity contribution in [2.24, 2.45) is 5.84 Å². The number of hydrogen-bond donors (Lipinski definition) is 2. The van der Waals surface area contributed by atoms with Crippen LogP contribution in [-0.4, -0.2) is 23.0 Å². The molecule has 1 unspecified atom stereocenters. The maximum absolute atomic E-state index is 5.57. The first-order valence-corrected chi connectivity index (χ1v) is 6.38. The molecule has 5 nitrogen and oxygen atoms in total. The molecule has 0 amide bonds. The van der Waals surface area contributed by atoms with Gasteiger partial charge in [-0.25, -0.2) is 0 Å². The van der Waals surface area contributed by atoms with E-state index in [1.54, 1.807) is 0 Å². The SMILES string of the molecule is CCCn1cc(C(CCCOCC)NN)cn1. The van der Waals surface area contributed by atoms with Crippen molar-refractivity contribution < 1.29 is 4.74 Å². The molecule has 1 rings (SSSR count). The molecule has 17 heavy (non-hydrogen) atoms. The molecule has 0 aliphatic carbocycles. The van der Waals surface area contributed by atoms with E-state index in [1.807, 2.05) is 17.8 Å². The maximum Gasteiger partial charge on any atom is 0.0538 e. The molecule has 1 aromatic heterocycles. The van der Waals surface area contributed by atoms with Crippen molar-refractivity contribution in [2.75, 3.05) is 13.2 Å². The molecule has 98 valence electrons. The van der Waals surface area contributed by atoms with Crippen LogP contribution in [0.25, 0.3) is 0 Å². The Bertz CT molecular complexity index is 300. The zero-order valence-corrected chi connectivity index (χ0v) is 10.9. The molecule has 0 aliphatic heterocycles. The van der Waals surface area contributed by atoms with E-state index < -0.39 is 0 Å². The molecular formula is C12H24N4O. The predicted molar refractivity (Wildman–Crippen MR) is 68.3 cm³/mol. The molecule has 1 aromatic rings. The van der Waals surface area contributed by atoms with Gasteiger partial charge in [0.25, 0.3) is 0 Å². The topological polar surface area (TPSA) is 65.1 Å². The van der Waals surface area contributed by atoms with Crippen molar-refractivity contribution in [1.29, 1.82) is 0 Å². The number of aromatic nitrogens is 2. The number of nitrogens with two attached hydrogens (primary N) is 1. The van der Waals surface area contributed by atoms with Crippen LogP contribution in [0.4, 0.5) is 0 Å². The van der Waals surface area contributed by atoms with Gasteiger partial charge in [0.15, 0.2) is 0 Å². The standard InChI is InChI=1S/C12H24N4O/c1-3-7-16-10-11(9-14-16)12(15-13)6-5-8-17-4-2/h9-10,12,15H,3-8,13H2,1-2H3. The number of hydrazine groups is 1. The fourth-order valence-electron chi connectivity index (χ4n) is 1.79. The minimum absolute atomic E-state index is 0.168. The van der Waals surface area contributed by atoms with Gasteiger partial charge in [-0.2, -0.15) is 5.10 Å². The Hall–Kier alpha value is -0.910. The number of nitrogens with one attached hydrogen (secondary N) is 1. The van der Waals surface area contributed by atoms with Crippen molar-refractivity contribution in [3.63, 3.8) is 0 Å². The summed E-state index contributed by atoms with van der Waals surface area (Å²) in [7, 11) is 0. The molecule has 0 bridgehead atoms. The third-order valence-corrected chi connectivity index (χ3v) is 2.70. The lowest BCUT2D eigenvalue weighted by Gasteiger charge is -2.13. The Morgan fingerprint density at radius 3 is 3.00 bits per heavy atom. The maximum atomic E-state index is 5.57. The van der Waals surface area contributed by atoms with Crippen molar-refractivity contribution in [1.82, 2.24) is 15.2 Å². The first-order chi connectivity index (χ1) is 8.31. The molecule has 0 radical (unpaired) electrons. The fourth-order valence-corrected chi connectivity index (χ4v) is 1.79. The second-order valence-corrected chi connectivity index (χ2v) is 4.10. The summed E-state index contributed by atoms with van der Waals surface area (Å²) < 4.78 is 7.28. The van der Waals surface area contributed by atoms with E-state index in [0.29, 0.717) is 0 Å². The van der Waals surface area contributed by atoms with Gasteiger partial charge in [0.1, 0.15) is 0 Å². The summed E-state index contributed by atoms with van der Waals surface area (Å²) in [6.07, 6.45) is 7.01. The minimum atomic E-state index is 0.168. The lowest BCUT2D eigenvalue weighted by molar-refractivity contribution is 0.141. The normalized spacial score (nSPS) is 12.9. The van der Waals surface area contributed by atoms with Crippen LogP contribution in [0.1, 0.15) is 44.7 Å². The van der Waals surface area contributed by atoms with Gasteiger partial charge >= 0.3 is 0 Å². The van der Waals surface area contributed by atoms with E-state index in [0.717, 1.165) is 44.6 Å². The third kappa shape index (κ3) is 4.85. The number of nitrogens with zero attached hydrogens (tertiary/aromatic N) is 2. The molecule has 3 N–H and O–H groups in total.